The molecule has 0 unspecified atom stereocenters. The van der Waals surface area contributed by atoms with Gasteiger partial charge in [-0.25, -0.2) is 4.39 Å². The van der Waals surface area contributed by atoms with E-state index in [2.05, 4.69) is 10.2 Å². The molecule has 5 nitrogen and oxygen atoms in total. The summed E-state index contributed by atoms with van der Waals surface area (Å²) >= 11 is 0. The summed E-state index contributed by atoms with van der Waals surface area (Å²) in [5.74, 6) is -0.529. The predicted octanol–water partition coefficient (Wildman–Crippen LogP) is 1.50. The Kier molecular flexibility index (Phi) is 6.52. The molecule has 1 aromatic rings. The van der Waals surface area contributed by atoms with E-state index in [4.69, 9.17) is 0 Å². The van der Waals surface area contributed by atoms with E-state index in [0.717, 1.165) is 19.4 Å². The minimum atomic E-state index is -0.403. The van der Waals surface area contributed by atoms with Crippen LogP contribution < -0.4 is 5.32 Å². The highest BCUT2D eigenvalue weighted by Gasteiger charge is 2.21. The number of nitrogens with zero attached hydrogens (tertiary/aromatic N) is 2. The Labute approximate surface area is 136 Å². The van der Waals surface area contributed by atoms with Crippen LogP contribution in [-0.2, 0) is 4.79 Å². The van der Waals surface area contributed by atoms with Gasteiger partial charge in [0.05, 0.1) is 6.54 Å². The third-order valence-corrected chi connectivity index (χ3v) is 3.89. The second-order valence-electron chi connectivity index (χ2n) is 5.78. The highest BCUT2D eigenvalue weighted by atomic mass is 19.1. The molecule has 0 spiro atoms. The fourth-order valence-electron chi connectivity index (χ4n) is 2.66. The molecule has 6 heteroatoms. The van der Waals surface area contributed by atoms with E-state index in [-0.39, 0.29) is 11.8 Å². The highest BCUT2D eigenvalue weighted by Crippen LogP contribution is 2.10. The van der Waals surface area contributed by atoms with E-state index in [1.54, 1.807) is 17.0 Å². The first-order chi connectivity index (χ1) is 11.1. The maximum atomic E-state index is 13.3. The van der Waals surface area contributed by atoms with Gasteiger partial charge in [-0.15, -0.1) is 0 Å². The van der Waals surface area contributed by atoms with Crippen molar-refractivity contribution >= 4 is 11.8 Å². The van der Waals surface area contributed by atoms with E-state index in [9.17, 15) is 14.0 Å². The summed E-state index contributed by atoms with van der Waals surface area (Å²) in [6.07, 6.45) is 1.73. The summed E-state index contributed by atoms with van der Waals surface area (Å²) < 4.78 is 13.3. The van der Waals surface area contributed by atoms with Gasteiger partial charge in [0.15, 0.2) is 0 Å². The molecule has 23 heavy (non-hydrogen) atoms. The molecule has 0 aliphatic carbocycles. The predicted molar refractivity (Wildman–Crippen MR) is 86.7 cm³/mol. The molecule has 0 bridgehead atoms. The van der Waals surface area contributed by atoms with Crippen molar-refractivity contribution in [2.24, 2.45) is 0 Å². The molecule has 1 heterocycles. The SMILES string of the molecule is CCCNC(=O)CN1CCCN(C(=O)c2cccc(F)c2)CC1. The molecule has 0 saturated carbocycles. The van der Waals surface area contributed by atoms with Gasteiger partial charge < -0.3 is 10.2 Å². The summed E-state index contributed by atoms with van der Waals surface area (Å²) in [6.45, 7) is 5.69. The first-order valence-electron chi connectivity index (χ1n) is 8.14. The quantitative estimate of drug-likeness (QED) is 0.894. The summed E-state index contributed by atoms with van der Waals surface area (Å²) in [4.78, 5) is 28.0. The Morgan fingerprint density at radius 1 is 1.22 bits per heavy atom. The molecule has 126 valence electrons. The Hall–Kier alpha value is -1.95. The lowest BCUT2D eigenvalue weighted by atomic mass is 10.2. The van der Waals surface area contributed by atoms with E-state index in [1.165, 1.54) is 12.1 Å². The van der Waals surface area contributed by atoms with E-state index in [1.807, 2.05) is 6.92 Å². The number of halogens is 1. The fraction of sp³-hybridized carbons (Fsp3) is 0.529. The first-order valence-corrected chi connectivity index (χ1v) is 8.14. The number of benzene rings is 1. The van der Waals surface area contributed by atoms with E-state index >= 15 is 0 Å². The van der Waals surface area contributed by atoms with Crippen LogP contribution in [0.25, 0.3) is 0 Å². The lowest BCUT2D eigenvalue weighted by Gasteiger charge is -2.21. The Morgan fingerprint density at radius 2 is 2.04 bits per heavy atom. The zero-order valence-corrected chi connectivity index (χ0v) is 13.6. The summed E-state index contributed by atoms with van der Waals surface area (Å²) in [5, 5.41) is 2.86. The average Bonchev–Trinajstić information content (AvgIpc) is 2.78. The molecule has 1 aromatic carbocycles. The number of carbonyl (C=O) groups is 2. The van der Waals surface area contributed by atoms with Gasteiger partial charge in [-0.1, -0.05) is 13.0 Å². The van der Waals surface area contributed by atoms with Crippen LogP contribution in [-0.4, -0.2) is 60.9 Å². The normalized spacial score (nSPS) is 16.0. The Morgan fingerprint density at radius 3 is 2.78 bits per heavy atom. The Bertz CT molecular complexity index is 550. The van der Waals surface area contributed by atoms with Crippen molar-refractivity contribution in [3.05, 3.63) is 35.6 Å². The highest BCUT2D eigenvalue weighted by molar-refractivity contribution is 5.94. The van der Waals surface area contributed by atoms with Crippen molar-refractivity contribution in [2.75, 3.05) is 39.3 Å². The molecule has 1 fully saturated rings. The number of nitrogens with one attached hydrogen (secondary N) is 1. The number of carbonyl (C=O) groups excluding carboxylic acids is 2. The standard InChI is InChI=1S/C17H24FN3O2/c1-2-7-19-16(22)13-20-8-4-9-21(11-10-20)17(23)14-5-3-6-15(18)12-14/h3,5-6,12H,2,4,7-11,13H2,1H3,(H,19,22). The molecule has 1 aliphatic heterocycles. The van der Waals surface area contributed by atoms with Crippen molar-refractivity contribution in [1.82, 2.24) is 15.1 Å². The molecule has 0 aromatic heterocycles. The molecule has 1 N–H and O–H groups in total. The average molecular weight is 321 g/mol. The van der Waals surface area contributed by atoms with Crippen molar-refractivity contribution in [3.8, 4) is 0 Å². The van der Waals surface area contributed by atoms with Crippen LogP contribution in [0.15, 0.2) is 24.3 Å². The minimum absolute atomic E-state index is 0.0248. The lowest BCUT2D eigenvalue weighted by Crippen LogP contribution is -2.40. The van der Waals surface area contributed by atoms with Gasteiger partial charge in [0.25, 0.3) is 5.91 Å². The van der Waals surface area contributed by atoms with Crippen LogP contribution >= 0.6 is 0 Å². The van der Waals surface area contributed by atoms with Gasteiger partial charge in [0, 0.05) is 38.3 Å². The summed E-state index contributed by atoms with van der Waals surface area (Å²) in [7, 11) is 0. The molecule has 1 saturated heterocycles. The minimum Gasteiger partial charge on any atom is -0.355 e. The second kappa shape index (κ2) is 8.62. The first kappa shape index (κ1) is 17.4. The van der Waals surface area contributed by atoms with Gasteiger partial charge in [0.1, 0.15) is 5.82 Å². The van der Waals surface area contributed by atoms with Gasteiger partial charge in [-0.3, -0.25) is 14.5 Å². The lowest BCUT2D eigenvalue weighted by molar-refractivity contribution is -0.122. The van der Waals surface area contributed by atoms with Crippen LogP contribution in [0.3, 0.4) is 0 Å². The summed E-state index contributed by atoms with van der Waals surface area (Å²) in [5.41, 5.74) is 0.374. The second-order valence-corrected chi connectivity index (χ2v) is 5.78. The number of hydrogen-bond acceptors (Lipinski definition) is 3. The third kappa shape index (κ3) is 5.32. The largest absolute Gasteiger partial charge is 0.355 e. The molecular formula is C17H24FN3O2. The zero-order chi connectivity index (χ0) is 16.7. The van der Waals surface area contributed by atoms with Crippen LogP contribution in [0.4, 0.5) is 4.39 Å². The van der Waals surface area contributed by atoms with Gasteiger partial charge in [0.2, 0.25) is 5.91 Å². The third-order valence-electron chi connectivity index (χ3n) is 3.89. The molecular weight excluding hydrogens is 297 g/mol. The molecule has 1 aliphatic rings. The molecule has 2 amide bonds. The summed E-state index contributed by atoms with van der Waals surface area (Å²) in [6, 6.07) is 5.77. The van der Waals surface area contributed by atoms with E-state index < -0.39 is 5.82 Å². The maximum Gasteiger partial charge on any atom is 0.254 e. The smallest absolute Gasteiger partial charge is 0.254 e. The maximum absolute atomic E-state index is 13.3. The van der Waals surface area contributed by atoms with Crippen LogP contribution in [0.2, 0.25) is 0 Å². The molecule has 2 rings (SSSR count). The van der Waals surface area contributed by atoms with Crippen LogP contribution in [0.1, 0.15) is 30.1 Å². The Balaban J connectivity index is 1.88. The number of rotatable bonds is 5. The monoisotopic (exact) mass is 321 g/mol. The van der Waals surface area contributed by atoms with Crippen molar-refractivity contribution in [2.45, 2.75) is 19.8 Å². The topological polar surface area (TPSA) is 52.7 Å². The van der Waals surface area contributed by atoms with Crippen LogP contribution in [0, 0.1) is 5.82 Å². The number of hydrogen-bond donors (Lipinski definition) is 1. The van der Waals surface area contributed by atoms with Crippen molar-refractivity contribution < 1.29 is 14.0 Å². The van der Waals surface area contributed by atoms with Gasteiger partial charge in [-0.05, 0) is 31.0 Å². The van der Waals surface area contributed by atoms with Gasteiger partial charge >= 0.3 is 0 Å². The molecule has 0 atom stereocenters. The van der Waals surface area contributed by atoms with Crippen molar-refractivity contribution in [3.63, 3.8) is 0 Å². The number of amides is 2. The molecule has 0 radical (unpaired) electrons. The van der Waals surface area contributed by atoms with E-state index in [0.29, 0.717) is 38.3 Å². The van der Waals surface area contributed by atoms with Crippen molar-refractivity contribution in [1.29, 1.82) is 0 Å². The zero-order valence-electron chi connectivity index (χ0n) is 13.6. The van der Waals surface area contributed by atoms with Gasteiger partial charge in [-0.2, -0.15) is 0 Å². The van der Waals surface area contributed by atoms with Crippen LogP contribution in [0.5, 0.6) is 0 Å². The fourth-order valence-corrected chi connectivity index (χ4v) is 2.66.